The lowest BCUT2D eigenvalue weighted by Gasteiger charge is -2.26. The standard InChI is InChI=1S/C18H22FNO3S/c1-13(14-6-4-3-5-7-14)20-17(12-19)18(21)15-8-10-16(11-9-15)24(2,22)23/h3-11,13,17-18,20-21H,12H2,1-2H3/t13-,17+,18-/m0/s1. The molecule has 2 rings (SSSR count). The van der Waals surface area contributed by atoms with Crippen LogP contribution in [0.25, 0.3) is 0 Å². The lowest BCUT2D eigenvalue weighted by Crippen LogP contribution is -2.38. The van der Waals surface area contributed by atoms with Crippen LogP contribution in [-0.2, 0) is 9.84 Å². The van der Waals surface area contributed by atoms with Gasteiger partial charge in [0.15, 0.2) is 9.84 Å². The molecule has 2 aromatic carbocycles. The molecule has 0 saturated carbocycles. The van der Waals surface area contributed by atoms with Crippen LogP contribution in [0.5, 0.6) is 0 Å². The van der Waals surface area contributed by atoms with E-state index in [0.717, 1.165) is 11.8 Å². The summed E-state index contributed by atoms with van der Waals surface area (Å²) in [6.45, 7) is 1.16. The van der Waals surface area contributed by atoms with Crippen molar-refractivity contribution in [3.63, 3.8) is 0 Å². The van der Waals surface area contributed by atoms with Crippen molar-refractivity contribution >= 4 is 9.84 Å². The molecule has 2 N–H and O–H groups in total. The molecule has 0 bridgehead atoms. The topological polar surface area (TPSA) is 66.4 Å². The third kappa shape index (κ3) is 4.63. The highest BCUT2D eigenvalue weighted by Crippen LogP contribution is 2.22. The molecule has 130 valence electrons. The van der Waals surface area contributed by atoms with Crippen LogP contribution in [0, 0.1) is 0 Å². The molecule has 0 aliphatic carbocycles. The molecule has 2 aromatic rings. The Morgan fingerprint density at radius 3 is 2.12 bits per heavy atom. The fourth-order valence-corrected chi connectivity index (χ4v) is 3.15. The minimum absolute atomic E-state index is 0.128. The quantitative estimate of drug-likeness (QED) is 0.805. The van der Waals surface area contributed by atoms with Gasteiger partial charge in [0.25, 0.3) is 0 Å². The fraction of sp³-hybridized carbons (Fsp3) is 0.333. The van der Waals surface area contributed by atoms with Crippen molar-refractivity contribution in [3.8, 4) is 0 Å². The Hall–Kier alpha value is -1.76. The summed E-state index contributed by atoms with van der Waals surface area (Å²) < 4.78 is 36.4. The Kier molecular flexibility index (Phi) is 6.10. The maximum atomic E-state index is 13.4. The number of alkyl halides is 1. The van der Waals surface area contributed by atoms with Gasteiger partial charge in [0, 0.05) is 12.3 Å². The SMILES string of the molecule is C[C@H](N[C@H](CF)[C@@H](O)c1ccc(S(C)(=O)=O)cc1)c1ccccc1. The van der Waals surface area contributed by atoms with E-state index in [2.05, 4.69) is 5.32 Å². The normalized spacial score (nSPS) is 15.7. The maximum absolute atomic E-state index is 13.4. The summed E-state index contributed by atoms with van der Waals surface area (Å²) in [6, 6.07) is 14.5. The molecular formula is C18H22FNO3S. The Morgan fingerprint density at radius 1 is 1.04 bits per heavy atom. The average molecular weight is 351 g/mol. The van der Waals surface area contributed by atoms with E-state index in [9.17, 15) is 17.9 Å². The molecule has 0 heterocycles. The van der Waals surface area contributed by atoms with Crippen molar-refractivity contribution in [1.29, 1.82) is 0 Å². The van der Waals surface area contributed by atoms with Gasteiger partial charge >= 0.3 is 0 Å². The molecule has 0 aliphatic heterocycles. The summed E-state index contributed by atoms with van der Waals surface area (Å²) in [6.07, 6.45) is 0.0427. The molecule has 0 spiro atoms. The van der Waals surface area contributed by atoms with E-state index in [1.165, 1.54) is 24.3 Å². The smallest absolute Gasteiger partial charge is 0.175 e. The number of sulfone groups is 1. The van der Waals surface area contributed by atoms with Gasteiger partial charge in [-0.2, -0.15) is 0 Å². The van der Waals surface area contributed by atoms with E-state index < -0.39 is 28.7 Å². The van der Waals surface area contributed by atoms with Crippen molar-refractivity contribution < 1.29 is 17.9 Å². The van der Waals surface area contributed by atoms with Crippen LogP contribution in [0.1, 0.15) is 30.2 Å². The number of nitrogens with one attached hydrogen (secondary N) is 1. The molecule has 0 radical (unpaired) electrons. The molecule has 0 aromatic heterocycles. The average Bonchev–Trinajstić information content (AvgIpc) is 2.59. The molecular weight excluding hydrogens is 329 g/mol. The largest absolute Gasteiger partial charge is 0.387 e. The van der Waals surface area contributed by atoms with Gasteiger partial charge < -0.3 is 10.4 Å². The predicted octanol–water partition coefficient (Wildman–Crippen LogP) is 2.81. The number of benzene rings is 2. The zero-order valence-electron chi connectivity index (χ0n) is 13.7. The van der Waals surface area contributed by atoms with E-state index in [4.69, 9.17) is 0 Å². The van der Waals surface area contributed by atoms with Crippen LogP contribution in [0.4, 0.5) is 4.39 Å². The third-order valence-corrected chi connectivity index (χ3v) is 5.09. The Balaban J connectivity index is 2.12. The highest BCUT2D eigenvalue weighted by atomic mass is 32.2. The molecule has 0 saturated heterocycles. The second kappa shape index (κ2) is 7.88. The van der Waals surface area contributed by atoms with E-state index in [0.29, 0.717) is 5.56 Å². The fourth-order valence-electron chi connectivity index (χ4n) is 2.52. The number of halogens is 1. The molecule has 0 fully saturated rings. The van der Waals surface area contributed by atoms with Gasteiger partial charge in [-0.05, 0) is 30.2 Å². The zero-order valence-corrected chi connectivity index (χ0v) is 14.5. The summed E-state index contributed by atoms with van der Waals surface area (Å²) in [5.74, 6) is 0. The van der Waals surface area contributed by atoms with Gasteiger partial charge in [-0.25, -0.2) is 12.8 Å². The minimum Gasteiger partial charge on any atom is -0.387 e. The third-order valence-electron chi connectivity index (χ3n) is 3.96. The van der Waals surface area contributed by atoms with Crippen molar-refractivity contribution in [2.45, 2.75) is 30.0 Å². The number of rotatable bonds is 7. The van der Waals surface area contributed by atoms with Crippen LogP contribution in [0.3, 0.4) is 0 Å². The summed E-state index contributed by atoms with van der Waals surface area (Å²) in [4.78, 5) is 0.167. The Labute approximate surface area is 142 Å². The molecule has 0 amide bonds. The summed E-state index contributed by atoms with van der Waals surface area (Å²) in [5.41, 5.74) is 1.47. The molecule has 24 heavy (non-hydrogen) atoms. The minimum atomic E-state index is -3.30. The highest BCUT2D eigenvalue weighted by Gasteiger charge is 2.23. The zero-order chi connectivity index (χ0) is 17.7. The van der Waals surface area contributed by atoms with E-state index in [-0.39, 0.29) is 10.9 Å². The first-order chi connectivity index (χ1) is 11.3. The molecule has 0 unspecified atom stereocenters. The van der Waals surface area contributed by atoms with Crippen LogP contribution in [0.2, 0.25) is 0 Å². The maximum Gasteiger partial charge on any atom is 0.175 e. The molecule has 3 atom stereocenters. The Bertz CT molecular complexity index is 748. The number of aliphatic hydroxyl groups excluding tert-OH is 1. The summed E-state index contributed by atoms with van der Waals surface area (Å²) in [7, 11) is -3.30. The predicted molar refractivity (Wildman–Crippen MR) is 92.3 cm³/mol. The van der Waals surface area contributed by atoms with Gasteiger partial charge in [-0.1, -0.05) is 42.5 Å². The van der Waals surface area contributed by atoms with Crippen LogP contribution >= 0.6 is 0 Å². The van der Waals surface area contributed by atoms with E-state index >= 15 is 0 Å². The van der Waals surface area contributed by atoms with Crippen molar-refractivity contribution in [3.05, 3.63) is 65.7 Å². The monoisotopic (exact) mass is 351 g/mol. The molecule has 4 nitrogen and oxygen atoms in total. The lowest BCUT2D eigenvalue weighted by molar-refractivity contribution is 0.107. The first kappa shape index (κ1) is 18.6. The highest BCUT2D eigenvalue weighted by molar-refractivity contribution is 7.90. The first-order valence-electron chi connectivity index (χ1n) is 7.68. The number of hydrogen-bond donors (Lipinski definition) is 2. The first-order valence-corrected chi connectivity index (χ1v) is 9.57. The van der Waals surface area contributed by atoms with Crippen LogP contribution < -0.4 is 5.32 Å². The van der Waals surface area contributed by atoms with Gasteiger partial charge in [0.2, 0.25) is 0 Å². The van der Waals surface area contributed by atoms with Gasteiger partial charge in [-0.3, -0.25) is 0 Å². The van der Waals surface area contributed by atoms with E-state index in [1.54, 1.807) is 0 Å². The van der Waals surface area contributed by atoms with Crippen LogP contribution in [0.15, 0.2) is 59.5 Å². The van der Waals surface area contributed by atoms with Gasteiger partial charge in [-0.15, -0.1) is 0 Å². The number of hydrogen-bond acceptors (Lipinski definition) is 4. The summed E-state index contributed by atoms with van der Waals surface area (Å²) in [5, 5.41) is 13.5. The van der Waals surface area contributed by atoms with Crippen molar-refractivity contribution in [1.82, 2.24) is 5.32 Å². The lowest BCUT2D eigenvalue weighted by atomic mass is 10.0. The molecule has 0 aliphatic rings. The van der Waals surface area contributed by atoms with Crippen molar-refractivity contribution in [2.24, 2.45) is 0 Å². The summed E-state index contributed by atoms with van der Waals surface area (Å²) >= 11 is 0. The second-order valence-electron chi connectivity index (χ2n) is 5.85. The van der Waals surface area contributed by atoms with Crippen molar-refractivity contribution in [2.75, 3.05) is 12.9 Å². The molecule has 6 heteroatoms. The van der Waals surface area contributed by atoms with E-state index in [1.807, 2.05) is 37.3 Å². The Morgan fingerprint density at radius 2 is 1.62 bits per heavy atom. The van der Waals surface area contributed by atoms with Gasteiger partial charge in [0.1, 0.15) is 6.67 Å². The second-order valence-corrected chi connectivity index (χ2v) is 7.86. The number of aliphatic hydroxyl groups is 1. The van der Waals surface area contributed by atoms with Crippen LogP contribution in [-0.4, -0.2) is 32.5 Å². The van der Waals surface area contributed by atoms with Gasteiger partial charge in [0.05, 0.1) is 17.0 Å².